The van der Waals surface area contributed by atoms with Crippen LogP contribution in [0.3, 0.4) is 0 Å². The highest BCUT2D eigenvalue weighted by Gasteiger charge is 2.18. The number of likely N-dealkylation sites (N-methyl/N-ethyl adjacent to an activating group) is 1. The zero-order valence-electron chi connectivity index (χ0n) is 10.6. The van der Waals surface area contributed by atoms with Crippen LogP contribution in [-0.2, 0) is 0 Å². The summed E-state index contributed by atoms with van der Waals surface area (Å²) in [4.78, 5) is 2.04. The minimum Gasteiger partial charge on any atom is -0.389 e. The maximum Gasteiger partial charge on any atom is 0.0765 e. The molecule has 0 aliphatic carbocycles. The van der Waals surface area contributed by atoms with E-state index in [9.17, 15) is 5.11 Å². The lowest BCUT2D eigenvalue weighted by molar-refractivity contribution is 0.0886. The van der Waals surface area contributed by atoms with Crippen molar-refractivity contribution in [2.45, 2.75) is 32.4 Å². The molecule has 0 aromatic heterocycles. The molecule has 1 unspecified atom stereocenters. The molecule has 0 bridgehead atoms. The predicted molar refractivity (Wildman–Crippen MR) is 68.6 cm³/mol. The van der Waals surface area contributed by atoms with Gasteiger partial charge in [0, 0.05) is 25.3 Å². The van der Waals surface area contributed by atoms with Gasteiger partial charge in [-0.3, -0.25) is 0 Å². The summed E-state index contributed by atoms with van der Waals surface area (Å²) in [6, 6.07) is 8.04. The van der Waals surface area contributed by atoms with Crippen LogP contribution in [-0.4, -0.2) is 24.3 Å². The summed E-state index contributed by atoms with van der Waals surface area (Å²) < 4.78 is 0. The third-order valence-electron chi connectivity index (χ3n) is 2.46. The fourth-order valence-corrected chi connectivity index (χ4v) is 1.89. The molecule has 0 saturated carbocycles. The number of aliphatic hydroxyl groups is 1. The van der Waals surface area contributed by atoms with E-state index >= 15 is 0 Å². The van der Waals surface area contributed by atoms with Crippen LogP contribution >= 0.6 is 0 Å². The summed E-state index contributed by atoms with van der Waals surface area (Å²) in [5.74, 6) is 0. The number of benzene rings is 1. The van der Waals surface area contributed by atoms with Crippen molar-refractivity contribution in [1.82, 2.24) is 0 Å². The minimum absolute atomic E-state index is 0.000421. The largest absolute Gasteiger partial charge is 0.389 e. The molecule has 3 N–H and O–H groups in total. The van der Waals surface area contributed by atoms with E-state index in [0.717, 1.165) is 11.3 Å². The van der Waals surface area contributed by atoms with Crippen LogP contribution in [0, 0.1) is 0 Å². The Morgan fingerprint density at radius 1 is 1.38 bits per heavy atom. The highest BCUT2D eigenvalue weighted by atomic mass is 16.3. The molecule has 1 rings (SSSR count). The molecule has 90 valence electrons. The third kappa shape index (κ3) is 3.51. The predicted octanol–water partition coefficient (Wildman–Crippen LogP) is 1.91. The molecule has 0 radical (unpaired) electrons. The van der Waals surface area contributed by atoms with Gasteiger partial charge in [0.1, 0.15) is 0 Å². The van der Waals surface area contributed by atoms with Gasteiger partial charge >= 0.3 is 0 Å². The summed E-state index contributed by atoms with van der Waals surface area (Å²) in [6.45, 7) is 6.16. The van der Waals surface area contributed by atoms with E-state index in [1.54, 1.807) is 13.8 Å². The Balaban J connectivity index is 2.95. The fourth-order valence-electron chi connectivity index (χ4n) is 1.89. The van der Waals surface area contributed by atoms with Crippen molar-refractivity contribution in [3.63, 3.8) is 0 Å². The van der Waals surface area contributed by atoms with E-state index in [4.69, 9.17) is 5.73 Å². The Kier molecular flexibility index (Phi) is 3.94. The van der Waals surface area contributed by atoms with Gasteiger partial charge in [-0.15, -0.1) is 0 Å². The zero-order valence-corrected chi connectivity index (χ0v) is 10.6. The summed E-state index contributed by atoms with van der Waals surface area (Å²) in [5, 5.41) is 9.81. The number of nitrogens with two attached hydrogens (primary N) is 1. The SMILES string of the molecule is CC(N)c1ccccc1N(C)CC(C)(C)O. The molecule has 0 aliphatic heterocycles. The van der Waals surface area contributed by atoms with Crippen LogP contribution < -0.4 is 10.6 Å². The van der Waals surface area contributed by atoms with Crippen LogP contribution in [0.1, 0.15) is 32.4 Å². The first-order valence-electron chi connectivity index (χ1n) is 5.59. The second-order valence-corrected chi connectivity index (χ2v) is 5.02. The summed E-state index contributed by atoms with van der Waals surface area (Å²) in [7, 11) is 1.97. The number of nitrogens with zero attached hydrogens (tertiary/aromatic N) is 1. The van der Waals surface area contributed by atoms with Gasteiger partial charge in [-0.1, -0.05) is 18.2 Å². The number of hydrogen-bond acceptors (Lipinski definition) is 3. The number of para-hydroxylation sites is 1. The number of rotatable bonds is 4. The van der Waals surface area contributed by atoms with E-state index < -0.39 is 5.60 Å². The van der Waals surface area contributed by atoms with Crippen molar-refractivity contribution in [3.05, 3.63) is 29.8 Å². The quantitative estimate of drug-likeness (QED) is 0.818. The van der Waals surface area contributed by atoms with E-state index in [1.807, 2.05) is 43.1 Å². The third-order valence-corrected chi connectivity index (χ3v) is 2.46. The smallest absolute Gasteiger partial charge is 0.0765 e. The summed E-state index contributed by atoms with van der Waals surface area (Å²) in [5.41, 5.74) is 7.41. The molecule has 0 heterocycles. The highest BCUT2D eigenvalue weighted by molar-refractivity contribution is 5.54. The van der Waals surface area contributed by atoms with Gasteiger partial charge in [0.25, 0.3) is 0 Å². The maximum atomic E-state index is 9.81. The van der Waals surface area contributed by atoms with Crippen molar-refractivity contribution < 1.29 is 5.11 Å². The first-order valence-corrected chi connectivity index (χ1v) is 5.59. The molecule has 3 heteroatoms. The molecule has 1 atom stereocenters. The van der Waals surface area contributed by atoms with Crippen molar-refractivity contribution in [2.75, 3.05) is 18.5 Å². The first kappa shape index (κ1) is 13.0. The fraction of sp³-hybridized carbons (Fsp3) is 0.538. The molecule has 1 aromatic rings. The molecule has 0 saturated heterocycles. The van der Waals surface area contributed by atoms with Crippen LogP contribution in [0.4, 0.5) is 5.69 Å². The Morgan fingerprint density at radius 3 is 2.44 bits per heavy atom. The Morgan fingerprint density at radius 2 is 1.94 bits per heavy atom. The highest BCUT2D eigenvalue weighted by Crippen LogP contribution is 2.25. The molecule has 3 nitrogen and oxygen atoms in total. The molecule has 16 heavy (non-hydrogen) atoms. The topological polar surface area (TPSA) is 49.5 Å². The van der Waals surface area contributed by atoms with Crippen molar-refractivity contribution in [1.29, 1.82) is 0 Å². The zero-order chi connectivity index (χ0) is 12.3. The van der Waals surface area contributed by atoms with E-state index in [1.165, 1.54) is 0 Å². The molecular weight excluding hydrogens is 200 g/mol. The van der Waals surface area contributed by atoms with Crippen molar-refractivity contribution >= 4 is 5.69 Å². The van der Waals surface area contributed by atoms with E-state index in [0.29, 0.717) is 6.54 Å². The Bertz CT molecular complexity index is 342. The van der Waals surface area contributed by atoms with Gasteiger partial charge in [-0.05, 0) is 32.4 Å². The van der Waals surface area contributed by atoms with Crippen LogP contribution in [0.15, 0.2) is 24.3 Å². The second kappa shape index (κ2) is 4.85. The van der Waals surface area contributed by atoms with Gasteiger partial charge < -0.3 is 15.7 Å². The molecular formula is C13H22N2O. The lowest BCUT2D eigenvalue weighted by Crippen LogP contribution is -2.36. The lowest BCUT2D eigenvalue weighted by atomic mass is 10.0. The molecule has 1 aromatic carbocycles. The lowest BCUT2D eigenvalue weighted by Gasteiger charge is -2.29. The van der Waals surface area contributed by atoms with Gasteiger partial charge in [-0.2, -0.15) is 0 Å². The Hall–Kier alpha value is -1.06. The maximum absolute atomic E-state index is 9.81. The average molecular weight is 222 g/mol. The van der Waals surface area contributed by atoms with Crippen LogP contribution in [0.2, 0.25) is 0 Å². The average Bonchev–Trinajstić information content (AvgIpc) is 2.15. The standard InChI is InChI=1S/C13H22N2O/c1-10(14)11-7-5-6-8-12(11)15(4)9-13(2,3)16/h5-8,10,16H,9,14H2,1-4H3. The Labute approximate surface area is 97.9 Å². The van der Waals surface area contributed by atoms with E-state index in [2.05, 4.69) is 0 Å². The summed E-state index contributed by atoms with van der Waals surface area (Å²) in [6.07, 6.45) is 0. The molecule has 0 fully saturated rings. The first-order chi connectivity index (χ1) is 7.31. The van der Waals surface area contributed by atoms with Crippen LogP contribution in [0.25, 0.3) is 0 Å². The number of hydrogen-bond donors (Lipinski definition) is 2. The monoisotopic (exact) mass is 222 g/mol. The van der Waals surface area contributed by atoms with Gasteiger partial charge in [0.05, 0.1) is 5.60 Å². The second-order valence-electron chi connectivity index (χ2n) is 5.02. The van der Waals surface area contributed by atoms with E-state index in [-0.39, 0.29) is 6.04 Å². The van der Waals surface area contributed by atoms with Crippen LogP contribution in [0.5, 0.6) is 0 Å². The molecule has 0 aliphatic rings. The van der Waals surface area contributed by atoms with Crippen molar-refractivity contribution in [2.24, 2.45) is 5.73 Å². The molecule has 0 amide bonds. The minimum atomic E-state index is -0.709. The molecule has 0 spiro atoms. The van der Waals surface area contributed by atoms with Gasteiger partial charge in [0.15, 0.2) is 0 Å². The van der Waals surface area contributed by atoms with Gasteiger partial charge in [0.2, 0.25) is 0 Å². The van der Waals surface area contributed by atoms with Gasteiger partial charge in [-0.25, -0.2) is 0 Å². The summed E-state index contributed by atoms with van der Waals surface area (Å²) >= 11 is 0. The normalized spacial score (nSPS) is 13.6. The number of anilines is 1. The van der Waals surface area contributed by atoms with Crippen molar-refractivity contribution in [3.8, 4) is 0 Å².